The summed E-state index contributed by atoms with van der Waals surface area (Å²) >= 11 is 15.7. The van der Waals surface area contributed by atoms with E-state index in [1.165, 1.54) is 0 Å². The Morgan fingerprint density at radius 1 is 1.03 bits per heavy atom. The predicted octanol–water partition coefficient (Wildman–Crippen LogP) is 6.59. The largest absolute Gasteiger partial charge is 0.488 e. The Morgan fingerprint density at radius 3 is 2.43 bits per heavy atom. The molecule has 0 saturated carbocycles. The predicted molar refractivity (Wildman–Crippen MR) is 144 cm³/mol. The monoisotopic (exact) mass is 569 g/mol. The van der Waals surface area contributed by atoms with Crippen LogP contribution in [0.5, 0.6) is 5.75 Å². The SMILES string of the molecule is N#C/C(=C/c1ccc(OCc2ccc(Cl)cc2Cl)c(Br)c1)C(=O)N1CCN(c2ccccc2)CC1. The zero-order valence-electron chi connectivity index (χ0n) is 18.8. The number of amides is 1. The van der Waals surface area contributed by atoms with Crippen LogP contribution in [0.1, 0.15) is 11.1 Å². The molecule has 1 amide bonds. The number of carbonyl (C=O) groups excluding carboxylic acids is 1. The summed E-state index contributed by atoms with van der Waals surface area (Å²) in [7, 11) is 0. The van der Waals surface area contributed by atoms with Gasteiger partial charge in [-0.1, -0.05) is 53.5 Å². The van der Waals surface area contributed by atoms with Gasteiger partial charge in [-0.25, -0.2) is 0 Å². The molecule has 0 radical (unpaired) electrons. The van der Waals surface area contributed by atoms with Gasteiger partial charge in [-0.2, -0.15) is 5.26 Å². The van der Waals surface area contributed by atoms with Crippen LogP contribution in [0.2, 0.25) is 10.0 Å². The summed E-state index contributed by atoms with van der Waals surface area (Å²) in [5.41, 5.74) is 2.78. The molecule has 4 rings (SSSR count). The molecule has 0 N–H and O–H groups in total. The van der Waals surface area contributed by atoms with Crippen LogP contribution in [0.3, 0.4) is 0 Å². The molecule has 3 aromatic rings. The van der Waals surface area contributed by atoms with Gasteiger partial charge in [0.05, 0.1) is 4.47 Å². The van der Waals surface area contributed by atoms with E-state index in [-0.39, 0.29) is 18.1 Å². The Bertz CT molecular complexity index is 1280. The second-order valence-electron chi connectivity index (χ2n) is 8.00. The minimum atomic E-state index is -0.256. The lowest BCUT2D eigenvalue weighted by Crippen LogP contribution is -2.49. The van der Waals surface area contributed by atoms with Crippen molar-refractivity contribution in [2.24, 2.45) is 0 Å². The minimum absolute atomic E-state index is 0.103. The number of piperazine rings is 1. The lowest BCUT2D eigenvalue weighted by atomic mass is 10.1. The third kappa shape index (κ3) is 6.37. The van der Waals surface area contributed by atoms with Crippen LogP contribution in [-0.2, 0) is 11.4 Å². The lowest BCUT2D eigenvalue weighted by Gasteiger charge is -2.36. The lowest BCUT2D eigenvalue weighted by molar-refractivity contribution is -0.126. The molecule has 1 heterocycles. The number of halogens is 3. The average molecular weight is 571 g/mol. The van der Waals surface area contributed by atoms with Gasteiger partial charge >= 0.3 is 0 Å². The highest BCUT2D eigenvalue weighted by molar-refractivity contribution is 9.10. The number of nitriles is 1. The van der Waals surface area contributed by atoms with Gasteiger partial charge in [-0.3, -0.25) is 4.79 Å². The second-order valence-corrected chi connectivity index (χ2v) is 9.70. The molecule has 0 atom stereocenters. The van der Waals surface area contributed by atoms with E-state index in [4.69, 9.17) is 27.9 Å². The Hall–Kier alpha value is -2.98. The minimum Gasteiger partial charge on any atom is -0.488 e. The average Bonchev–Trinajstić information content (AvgIpc) is 2.88. The van der Waals surface area contributed by atoms with Gasteiger partial charge in [0.15, 0.2) is 0 Å². The van der Waals surface area contributed by atoms with Crippen molar-refractivity contribution in [3.05, 3.63) is 97.9 Å². The maximum atomic E-state index is 13.0. The van der Waals surface area contributed by atoms with Gasteiger partial charge in [0, 0.05) is 47.5 Å². The first-order valence-corrected chi connectivity index (χ1v) is 12.6. The van der Waals surface area contributed by atoms with Crippen LogP contribution in [0.4, 0.5) is 5.69 Å². The molecule has 0 bridgehead atoms. The maximum absolute atomic E-state index is 13.0. The number of carbonyl (C=O) groups is 1. The third-order valence-corrected chi connectivity index (χ3v) is 6.91. The Balaban J connectivity index is 1.40. The molecule has 3 aromatic carbocycles. The summed E-state index contributed by atoms with van der Waals surface area (Å²) in [6.45, 7) is 2.86. The number of hydrogen-bond acceptors (Lipinski definition) is 4. The number of benzene rings is 3. The number of rotatable bonds is 6. The van der Waals surface area contributed by atoms with Crippen molar-refractivity contribution in [2.75, 3.05) is 31.1 Å². The fraction of sp³-hybridized carbons (Fsp3) is 0.185. The highest BCUT2D eigenvalue weighted by atomic mass is 79.9. The fourth-order valence-corrected chi connectivity index (χ4v) is 4.78. The van der Waals surface area contributed by atoms with Gasteiger partial charge in [0.1, 0.15) is 24.0 Å². The van der Waals surface area contributed by atoms with Crippen LogP contribution in [0.25, 0.3) is 6.08 Å². The van der Waals surface area contributed by atoms with Crippen molar-refractivity contribution in [1.82, 2.24) is 4.90 Å². The summed E-state index contributed by atoms with van der Waals surface area (Å²) in [6, 6.07) is 22.9. The Kier molecular flexibility index (Phi) is 8.35. The zero-order valence-corrected chi connectivity index (χ0v) is 21.9. The Labute approximate surface area is 223 Å². The number of hydrogen-bond donors (Lipinski definition) is 0. The molecular weight excluding hydrogens is 549 g/mol. The van der Waals surface area contributed by atoms with Gasteiger partial charge in [-0.05, 0) is 64.0 Å². The van der Waals surface area contributed by atoms with Crippen molar-refractivity contribution < 1.29 is 9.53 Å². The first-order chi connectivity index (χ1) is 16.9. The van der Waals surface area contributed by atoms with E-state index >= 15 is 0 Å². The standard InChI is InChI=1S/C27H22BrCl2N3O2/c28-24-15-19(6-9-26(24)35-18-20-7-8-22(29)16-25(20)30)14-21(17-31)27(34)33-12-10-32(11-13-33)23-4-2-1-3-5-23/h1-9,14-16H,10-13,18H2/b21-14-. The van der Waals surface area contributed by atoms with E-state index < -0.39 is 0 Å². The molecule has 1 aliphatic heterocycles. The summed E-state index contributed by atoms with van der Waals surface area (Å²) in [5, 5.41) is 10.8. The van der Waals surface area contributed by atoms with Gasteiger partial charge in [0.25, 0.3) is 5.91 Å². The fourth-order valence-electron chi connectivity index (χ4n) is 3.80. The maximum Gasteiger partial charge on any atom is 0.264 e. The number of ether oxygens (including phenoxy) is 1. The van der Waals surface area contributed by atoms with Crippen molar-refractivity contribution in [3.8, 4) is 11.8 Å². The van der Waals surface area contributed by atoms with Gasteiger partial charge < -0.3 is 14.5 Å². The van der Waals surface area contributed by atoms with Crippen molar-refractivity contribution in [1.29, 1.82) is 5.26 Å². The normalized spacial score (nSPS) is 13.9. The van der Waals surface area contributed by atoms with Crippen LogP contribution >= 0.6 is 39.1 Å². The number of nitrogens with zero attached hydrogens (tertiary/aromatic N) is 3. The van der Waals surface area contributed by atoms with E-state index in [9.17, 15) is 10.1 Å². The molecule has 1 fully saturated rings. The van der Waals surface area contributed by atoms with E-state index in [1.807, 2.05) is 36.4 Å². The van der Waals surface area contributed by atoms with Crippen LogP contribution in [-0.4, -0.2) is 37.0 Å². The molecule has 178 valence electrons. The van der Waals surface area contributed by atoms with Crippen LogP contribution in [0, 0.1) is 11.3 Å². The highest BCUT2D eigenvalue weighted by Crippen LogP contribution is 2.29. The van der Waals surface area contributed by atoms with E-state index in [2.05, 4.69) is 39.0 Å². The first kappa shape index (κ1) is 25.1. The molecule has 1 saturated heterocycles. The van der Waals surface area contributed by atoms with E-state index in [0.29, 0.717) is 33.4 Å². The summed E-state index contributed by atoms with van der Waals surface area (Å²) in [4.78, 5) is 17.0. The highest BCUT2D eigenvalue weighted by Gasteiger charge is 2.24. The quantitative estimate of drug-likeness (QED) is 0.248. The first-order valence-electron chi connectivity index (χ1n) is 11.0. The number of para-hydroxylation sites is 1. The van der Waals surface area contributed by atoms with Gasteiger partial charge in [0.2, 0.25) is 0 Å². The molecular formula is C27H22BrCl2N3O2. The second kappa shape index (κ2) is 11.6. The molecule has 5 nitrogen and oxygen atoms in total. The molecule has 8 heteroatoms. The summed E-state index contributed by atoms with van der Waals surface area (Å²) in [6.07, 6.45) is 1.61. The Morgan fingerprint density at radius 2 is 1.77 bits per heavy atom. The zero-order chi connectivity index (χ0) is 24.8. The van der Waals surface area contributed by atoms with Gasteiger partial charge in [-0.15, -0.1) is 0 Å². The van der Waals surface area contributed by atoms with Crippen molar-refractivity contribution in [2.45, 2.75) is 6.61 Å². The van der Waals surface area contributed by atoms with Crippen LogP contribution in [0.15, 0.2) is 76.8 Å². The molecule has 0 spiro atoms. The summed E-state index contributed by atoms with van der Waals surface area (Å²) < 4.78 is 6.59. The third-order valence-electron chi connectivity index (χ3n) is 5.70. The van der Waals surface area contributed by atoms with Crippen LogP contribution < -0.4 is 9.64 Å². The number of anilines is 1. The van der Waals surface area contributed by atoms with Crippen molar-refractivity contribution in [3.63, 3.8) is 0 Å². The smallest absolute Gasteiger partial charge is 0.264 e. The molecule has 0 unspecified atom stereocenters. The molecule has 0 aliphatic carbocycles. The van der Waals surface area contributed by atoms with E-state index in [0.717, 1.165) is 29.9 Å². The topological polar surface area (TPSA) is 56.6 Å². The molecule has 0 aromatic heterocycles. The summed E-state index contributed by atoms with van der Waals surface area (Å²) in [5.74, 6) is 0.365. The van der Waals surface area contributed by atoms with E-state index in [1.54, 1.807) is 29.2 Å². The van der Waals surface area contributed by atoms with Crippen molar-refractivity contribution >= 4 is 56.8 Å². The molecule has 35 heavy (non-hydrogen) atoms. The molecule has 1 aliphatic rings.